The van der Waals surface area contributed by atoms with Crippen LogP contribution in [0, 0.1) is 12.8 Å². The van der Waals surface area contributed by atoms with Crippen molar-refractivity contribution >= 4 is 5.71 Å². The van der Waals surface area contributed by atoms with E-state index in [9.17, 15) is 0 Å². The molecule has 3 heteroatoms. The van der Waals surface area contributed by atoms with Gasteiger partial charge in [0.25, 0.3) is 0 Å². The third kappa shape index (κ3) is 4.40. The summed E-state index contributed by atoms with van der Waals surface area (Å²) in [6.07, 6.45) is 2.20. The number of ether oxygens (including phenoxy) is 1. The van der Waals surface area contributed by atoms with Crippen molar-refractivity contribution in [3.05, 3.63) is 29.3 Å². The van der Waals surface area contributed by atoms with Crippen LogP contribution in [0.2, 0.25) is 0 Å². The zero-order valence-corrected chi connectivity index (χ0v) is 11.7. The molecule has 0 unspecified atom stereocenters. The van der Waals surface area contributed by atoms with Gasteiger partial charge in [0.2, 0.25) is 0 Å². The average Bonchev–Trinajstić information content (AvgIpc) is 2.33. The molecule has 0 aliphatic heterocycles. The molecule has 0 atom stereocenters. The second-order valence-corrected chi connectivity index (χ2v) is 5.07. The van der Waals surface area contributed by atoms with Crippen molar-refractivity contribution in [1.82, 2.24) is 0 Å². The molecular formula is C15H23NO2. The van der Waals surface area contributed by atoms with Crippen LogP contribution in [0.4, 0.5) is 0 Å². The van der Waals surface area contributed by atoms with Gasteiger partial charge in [-0.25, -0.2) is 0 Å². The topological polar surface area (TPSA) is 41.8 Å². The molecule has 0 aromatic heterocycles. The molecule has 1 aromatic rings. The Morgan fingerprint density at radius 3 is 2.72 bits per heavy atom. The maximum absolute atomic E-state index is 8.86. The summed E-state index contributed by atoms with van der Waals surface area (Å²) >= 11 is 0. The predicted octanol–water partition coefficient (Wildman–Crippen LogP) is 4.01. The Morgan fingerprint density at radius 2 is 2.11 bits per heavy atom. The molecule has 18 heavy (non-hydrogen) atoms. The minimum absolute atomic E-state index is 0.578. The minimum Gasteiger partial charge on any atom is -0.493 e. The molecule has 0 bridgehead atoms. The Kier molecular flexibility index (Phi) is 5.69. The summed E-state index contributed by atoms with van der Waals surface area (Å²) in [6, 6.07) is 5.91. The lowest BCUT2D eigenvalue weighted by Gasteiger charge is -2.12. The fourth-order valence-corrected chi connectivity index (χ4v) is 1.78. The lowest BCUT2D eigenvalue weighted by molar-refractivity contribution is 0.296. The number of benzene rings is 1. The SMILES string of the molecule is C/C(=N\O)c1ccc(C)cc1OCCCC(C)C. The van der Waals surface area contributed by atoms with Gasteiger partial charge in [0, 0.05) is 5.56 Å². The van der Waals surface area contributed by atoms with Crippen molar-refractivity contribution in [2.75, 3.05) is 6.61 Å². The number of rotatable bonds is 6. The van der Waals surface area contributed by atoms with Crippen LogP contribution in [0.25, 0.3) is 0 Å². The molecule has 1 N–H and O–H groups in total. The van der Waals surface area contributed by atoms with Gasteiger partial charge in [-0.2, -0.15) is 0 Å². The molecule has 0 spiro atoms. The normalized spacial score (nSPS) is 11.9. The van der Waals surface area contributed by atoms with E-state index in [1.165, 1.54) is 0 Å². The monoisotopic (exact) mass is 249 g/mol. The Morgan fingerprint density at radius 1 is 1.39 bits per heavy atom. The number of nitrogens with zero attached hydrogens (tertiary/aromatic N) is 1. The summed E-state index contributed by atoms with van der Waals surface area (Å²) in [5.74, 6) is 1.50. The van der Waals surface area contributed by atoms with E-state index in [1.807, 2.05) is 25.1 Å². The minimum atomic E-state index is 0.578. The van der Waals surface area contributed by atoms with E-state index in [4.69, 9.17) is 9.94 Å². The van der Waals surface area contributed by atoms with Gasteiger partial charge in [-0.15, -0.1) is 0 Å². The molecule has 0 saturated heterocycles. The first-order valence-corrected chi connectivity index (χ1v) is 6.47. The van der Waals surface area contributed by atoms with Crippen molar-refractivity contribution < 1.29 is 9.94 Å². The van der Waals surface area contributed by atoms with Crippen molar-refractivity contribution in [1.29, 1.82) is 0 Å². The quantitative estimate of drug-likeness (QED) is 0.358. The summed E-state index contributed by atoms with van der Waals surface area (Å²) in [6.45, 7) is 8.91. The molecule has 1 rings (SSSR count). The summed E-state index contributed by atoms with van der Waals surface area (Å²) < 4.78 is 5.80. The molecule has 100 valence electrons. The smallest absolute Gasteiger partial charge is 0.128 e. The Labute approximate surface area is 109 Å². The molecular weight excluding hydrogens is 226 g/mol. The second kappa shape index (κ2) is 7.04. The first-order chi connectivity index (χ1) is 8.54. The van der Waals surface area contributed by atoms with Crippen LogP contribution in [0.3, 0.4) is 0 Å². The van der Waals surface area contributed by atoms with E-state index < -0.39 is 0 Å². The first-order valence-electron chi connectivity index (χ1n) is 6.47. The highest BCUT2D eigenvalue weighted by Crippen LogP contribution is 2.21. The molecule has 1 aromatic carbocycles. The highest BCUT2D eigenvalue weighted by molar-refractivity contribution is 6.00. The maximum Gasteiger partial charge on any atom is 0.128 e. The van der Waals surface area contributed by atoms with Crippen LogP contribution in [-0.4, -0.2) is 17.5 Å². The molecule has 0 amide bonds. The van der Waals surface area contributed by atoms with E-state index in [-0.39, 0.29) is 0 Å². The molecule has 0 radical (unpaired) electrons. The summed E-state index contributed by atoms with van der Waals surface area (Å²) in [7, 11) is 0. The van der Waals surface area contributed by atoms with E-state index in [0.717, 1.165) is 29.7 Å². The lowest BCUT2D eigenvalue weighted by Crippen LogP contribution is -2.05. The third-order valence-electron chi connectivity index (χ3n) is 2.86. The van der Waals surface area contributed by atoms with E-state index in [0.29, 0.717) is 18.2 Å². The number of aryl methyl sites for hydroxylation is 1. The van der Waals surface area contributed by atoms with Crippen LogP contribution >= 0.6 is 0 Å². The zero-order chi connectivity index (χ0) is 13.5. The Bertz CT molecular complexity index is 411. The average molecular weight is 249 g/mol. The van der Waals surface area contributed by atoms with E-state index >= 15 is 0 Å². The van der Waals surface area contributed by atoms with Gasteiger partial charge >= 0.3 is 0 Å². The van der Waals surface area contributed by atoms with Crippen molar-refractivity contribution in [2.45, 2.75) is 40.5 Å². The van der Waals surface area contributed by atoms with Gasteiger partial charge in [0.15, 0.2) is 0 Å². The summed E-state index contributed by atoms with van der Waals surface area (Å²) in [5.41, 5.74) is 2.57. The lowest BCUT2D eigenvalue weighted by atomic mass is 10.1. The predicted molar refractivity (Wildman–Crippen MR) is 74.7 cm³/mol. The van der Waals surface area contributed by atoms with Crippen molar-refractivity contribution in [3.8, 4) is 5.75 Å². The van der Waals surface area contributed by atoms with Crippen LogP contribution in [0.5, 0.6) is 5.75 Å². The molecule has 0 aliphatic rings. The molecule has 0 fully saturated rings. The third-order valence-corrected chi connectivity index (χ3v) is 2.86. The van der Waals surface area contributed by atoms with Crippen LogP contribution in [0.1, 0.15) is 44.7 Å². The first kappa shape index (κ1) is 14.6. The number of hydrogen-bond acceptors (Lipinski definition) is 3. The highest BCUT2D eigenvalue weighted by Gasteiger charge is 2.07. The second-order valence-electron chi connectivity index (χ2n) is 5.07. The summed E-state index contributed by atoms with van der Waals surface area (Å²) in [4.78, 5) is 0. The van der Waals surface area contributed by atoms with Gasteiger partial charge in [-0.05, 0) is 50.3 Å². The molecule has 0 saturated carbocycles. The van der Waals surface area contributed by atoms with Crippen LogP contribution < -0.4 is 4.74 Å². The van der Waals surface area contributed by atoms with Crippen molar-refractivity contribution in [2.24, 2.45) is 11.1 Å². The van der Waals surface area contributed by atoms with Gasteiger partial charge in [0.1, 0.15) is 5.75 Å². The number of hydrogen-bond donors (Lipinski definition) is 1. The zero-order valence-electron chi connectivity index (χ0n) is 11.7. The fourth-order valence-electron chi connectivity index (χ4n) is 1.78. The highest BCUT2D eigenvalue weighted by atomic mass is 16.5. The standard InChI is InChI=1S/C15H23NO2/c1-11(2)6-5-9-18-15-10-12(3)7-8-14(15)13(4)16-17/h7-8,10-11,17H,5-6,9H2,1-4H3/b16-13+. The molecule has 0 heterocycles. The number of oxime groups is 1. The van der Waals surface area contributed by atoms with Crippen molar-refractivity contribution in [3.63, 3.8) is 0 Å². The Balaban J connectivity index is 2.71. The van der Waals surface area contributed by atoms with Gasteiger partial charge in [0.05, 0.1) is 12.3 Å². The van der Waals surface area contributed by atoms with Gasteiger partial charge in [-0.3, -0.25) is 0 Å². The largest absolute Gasteiger partial charge is 0.493 e. The fraction of sp³-hybridized carbons (Fsp3) is 0.533. The van der Waals surface area contributed by atoms with E-state index in [1.54, 1.807) is 6.92 Å². The maximum atomic E-state index is 8.86. The molecule has 0 aliphatic carbocycles. The van der Waals surface area contributed by atoms with E-state index in [2.05, 4.69) is 19.0 Å². The van der Waals surface area contributed by atoms with Crippen LogP contribution in [-0.2, 0) is 0 Å². The van der Waals surface area contributed by atoms with Gasteiger partial charge in [-0.1, -0.05) is 25.1 Å². The Hall–Kier alpha value is -1.51. The van der Waals surface area contributed by atoms with Gasteiger partial charge < -0.3 is 9.94 Å². The summed E-state index contributed by atoms with van der Waals surface area (Å²) in [5, 5.41) is 12.1. The van der Waals surface area contributed by atoms with Crippen LogP contribution in [0.15, 0.2) is 23.4 Å². The molecule has 3 nitrogen and oxygen atoms in total.